The lowest BCUT2D eigenvalue weighted by atomic mass is 10.0. The third-order valence-electron chi connectivity index (χ3n) is 6.00. The Labute approximate surface area is 224 Å². The van der Waals surface area contributed by atoms with Crippen molar-refractivity contribution >= 4 is 50.1 Å². The summed E-state index contributed by atoms with van der Waals surface area (Å²) < 4.78 is 6.74. The molecule has 1 atom stereocenters. The van der Waals surface area contributed by atoms with E-state index in [0.717, 1.165) is 26.4 Å². The van der Waals surface area contributed by atoms with E-state index >= 15 is 0 Å². The molecule has 0 heterocycles. The number of carbonyl (C=O) groups is 2. The molecule has 0 aliphatic heterocycles. The van der Waals surface area contributed by atoms with Crippen molar-refractivity contribution in [1.82, 2.24) is 10.2 Å². The number of nitrogens with one attached hydrogen (secondary N) is 1. The molecule has 0 fully saturated rings. The number of likely N-dealkylation sites (N-methyl/N-ethyl adjacent to an activating group) is 1. The van der Waals surface area contributed by atoms with Crippen LogP contribution in [0.4, 0.5) is 0 Å². The van der Waals surface area contributed by atoms with Gasteiger partial charge in [0.25, 0.3) is 5.91 Å². The first-order valence-electron chi connectivity index (χ1n) is 11.6. The molecule has 36 heavy (non-hydrogen) atoms. The molecule has 0 saturated heterocycles. The molecule has 1 unspecified atom stereocenters. The maximum Gasteiger partial charge on any atom is 0.261 e. The van der Waals surface area contributed by atoms with E-state index in [1.165, 1.54) is 0 Å². The van der Waals surface area contributed by atoms with Gasteiger partial charge in [-0.05, 0) is 50.0 Å². The maximum atomic E-state index is 13.6. The zero-order valence-corrected chi connectivity index (χ0v) is 22.1. The second-order valence-electron chi connectivity index (χ2n) is 8.32. The van der Waals surface area contributed by atoms with Gasteiger partial charge in [-0.2, -0.15) is 0 Å². The van der Waals surface area contributed by atoms with Gasteiger partial charge in [0.1, 0.15) is 11.8 Å². The molecule has 4 aromatic carbocycles. The predicted octanol–water partition coefficient (Wildman–Crippen LogP) is 6.02. The Morgan fingerprint density at radius 1 is 0.944 bits per heavy atom. The van der Waals surface area contributed by atoms with Gasteiger partial charge in [0.05, 0.1) is 4.47 Å². The molecule has 4 aromatic rings. The SMILES string of the molecule is CNC(=O)C(Cc1ccccc1)N(Cc1ccccc1Cl)C(=O)COc1ccc2ccccc2c1Br. The molecule has 0 bridgehead atoms. The zero-order valence-electron chi connectivity index (χ0n) is 19.8. The molecule has 0 radical (unpaired) electrons. The van der Waals surface area contributed by atoms with Crippen LogP contribution in [0.5, 0.6) is 5.75 Å². The number of carbonyl (C=O) groups excluding carboxylic acids is 2. The summed E-state index contributed by atoms with van der Waals surface area (Å²) in [6.07, 6.45) is 0.358. The normalized spacial score (nSPS) is 11.6. The number of benzene rings is 4. The number of hydrogen-bond donors (Lipinski definition) is 1. The quantitative estimate of drug-likeness (QED) is 0.270. The third-order valence-corrected chi connectivity index (χ3v) is 7.18. The van der Waals surface area contributed by atoms with Crippen LogP contribution in [0.2, 0.25) is 5.02 Å². The summed E-state index contributed by atoms with van der Waals surface area (Å²) in [7, 11) is 1.57. The van der Waals surface area contributed by atoms with E-state index in [4.69, 9.17) is 16.3 Å². The Morgan fingerprint density at radius 2 is 1.64 bits per heavy atom. The molecule has 1 N–H and O–H groups in total. The van der Waals surface area contributed by atoms with Crippen molar-refractivity contribution in [3.05, 3.63) is 112 Å². The van der Waals surface area contributed by atoms with Crippen LogP contribution in [-0.4, -0.2) is 36.4 Å². The Morgan fingerprint density at radius 3 is 2.39 bits per heavy atom. The fraction of sp³-hybridized carbons (Fsp3) is 0.172. The minimum atomic E-state index is -0.746. The first kappa shape index (κ1) is 25.7. The second kappa shape index (κ2) is 12.1. The maximum absolute atomic E-state index is 13.6. The summed E-state index contributed by atoms with van der Waals surface area (Å²) in [5.41, 5.74) is 1.70. The van der Waals surface area contributed by atoms with Crippen molar-refractivity contribution in [2.24, 2.45) is 0 Å². The number of hydrogen-bond acceptors (Lipinski definition) is 3. The highest BCUT2D eigenvalue weighted by Crippen LogP contribution is 2.33. The zero-order chi connectivity index (χ0) is 25.5. The molecule has 4 rings (SSSR count). The average Bonchev–Trinajstić information content (AvgIpc) is 2.91. The van der Waals surface area contributed by atoms with Gasteiger partial charge in [0.15, 0.2) is 6.61 Å². The van der Waals surface area contributed by atoms with Gasteiger partial charge in [-0.15, -0.1) is 0 Å². The Balaban J connectivity index is 1.62. The van der Waals surface area contributed by atoms with Crippen LogP contribution in [0.3, 0.4) is 0 Å². The van der Waals surface area contributed by atoms with Gasteiger partial charge in [-0.25, -0.2) is 0 Å². The van der Waals surface area contributed by atoms with Crippen LogP contribution < -0.4 is 10.1 Å². The molecule has 0 aliphatic rings. The molecular formula is C29H26BrClN2O3. The standard InChI is InChI=1S/C29H26BrClN2O3/c1-32-29(35)25(17-20-9-3-2-4-10-20)33(18-22-12-6-8-14-24(22)31)27(34)19-36-26-16-15-21-11-5-7-13-23(21)28(26)30/h2-16,25H,17-19H2,1H3,(H,32,35). The fourth-order valence-corrected chi connectivity index (χ4v) is 4.88. The van der Waals surface area contributed by atoms with Crippen LogP contribution in [0, 0.1) is 0 Å². The van der Waals surface area contributed by atoms with Crippen molar-refractivity contribution in [1.29, 1.82) is 0 Å². The van der Waals surface area contributed by atoms with Crippen molar-refractivity contribution in [2.45, 2.75) is 19.0 Å². The van der Waals surface area contributed by atoms with E-state index in [9.17, 15) is 9.59 Å². The third kappa shape index (κ3) is 6.07. The molecule has 0 saturated carbocycles. The second-order valence-corrected chi connectivity index (χ2v) is 9.52. The lowest BCUT2D eigenvalue weighted by Crippen LogP contribution is -2.51. The highest BCUT2D eigenvalue weighted by Gasteiger charge is 2.30. The molecule has 7 heteroatoms. The van der Waals surface area contributed by atoms with Gasteiger partial charge in [0.2, 0.25) is 5.91 Å². The number of nitrogens with zero attached hydrogens (tertiary/aromatic N) is 1. The monoisotopic (exact) mass is 564 g/mol. The molecule has 0 aliphatic carbocycles. The van der Waals surface area contributed by atoms with Crippen LogP contribution in [0.25, 0.3) is 10.8 Å². The summed E-state index contributed by atoms with van der Waals surface area (Å²) in [5, 5.41) is 5.29. The van der Waals surface area contributed by atoms with Gasteiger partial charge in [-0.3, -0.25) is 9.59 Å². The van der Waals surface area contributed by atoms with E-state index in [2.05, 4.69) is 21.2 Å². The highest BCUT2D eigenvalue weighted by atomic mass is 79.9. The van der Waals surface area contributed by atoms with E-state index in [1.807, 2.05) is 84.9 Å². The Kier molecular flexibility index (Phi) is 8.62. The molecule has 5 nitrogen and oxygen atoms in total. The summed E-state index contributed by atoms with van der Waals surface area (Å²) in [6, 6.07) is 27.9. The Bertz CT molecular complexity index is 1360. The van der Waals surface area contributed by atoms with E-state index in [-0.39, 0.29) is 25.0 Å². The van der Waals surface area contributed by atoms with Crippen molar-refractivity contribution in [3.8, 4) is 5.75 Å². The largest absolute Gasteiger partial charge is 0.483 e. The number of rotatable bonds is 9. The van der Waals surface area contributed by atoms with Gasteiger partial charge in [-0.1, -0.05) is 90.5 Å². The molecule has 0 spiro atoms. The number of amides is 2. The van der Waals surface area contributed by atoms with E-state index < -0.39 is 6.04 Å². The van der Waals surface area contributed by atoms with E-state index in [0.29, 0.717) is 17.2 Å². The number of ether oxygens (including phenoxy) is 1. The van der Waals surface area contributed by atoms with Crippen LogP contribution >= 0.6 is 27.5 Å². The van der Waals surface area contributed by atoms with Crippen molar-refractivity contribution < 1.29 is 14.3 Å². The summed E-state index contributed by atoms with van der Waals surface area (Å²) in [5.74, 6) is -0.0232. The van der Waals surface area contributed by atoms with Crippen molar-refractivity contribution in [2.75, 3.05) is 13.7 Å². The van der Waals surface area contributed by atoms with Gasteiger partial charge in [0, 0.05) is 25.0 Å². The van der Waals surface area contributed by atoms with Crippen LogP contribution in [0.1, 0.15) is 11.1 Å². The lowest BCUT2D eigenvalue weighted by Gasteiger charge is -2.31. The topological polar surface area (TPSA) is 58.6 Å². The first-order valence-corrected chi connectivity index (χ1v) is 12.7. The van der Waals surface area contributed by atoms with Crippen molar-refractivity contribution in [3.63, 3.8) is 0 Å². The van der Waals surface area contributed by atoms with Crippen LogP contribution in [0.15, 0.2) is 95.5 Å². The molecule has 184 valence electrons. The summed E-state index contributed by atoms with van der Waals surface area (Å²) in [4.78, 5) is 28.2. The minimum absolute atomic E-state index is 0.172. The minimum Gasteiger partial charge on any atom is -0.483 e. The first-order chi connectivity index (χ1) is 17.5. The lowest BCUT2D eigenvalue weighted by molar-refractivity contribution is -0.142. The predicted molar refractivity (Wildman–Crippen MR) is 147 cm³/mol. The number of fused-ring (bicyclic) bond motifs is 1. The van der Waals surface area contributed by atoms with Crippen LogP contribution in [-0.2, 0) is 22.6 Å². The Hall–Kier alpha value is -3.35. The highest BCUT2D eigenvalue weighted by molar-refractivity contribution is 9.10. The van der Waals surface area contributed by atoms with E-state index in [1.54, 1.807) is 18.0 Å². The molecular weight excluding hydrogens is 540 g/mol. The fourth-order valence-electron chi connectivity index (χ4n) is 4.08. The summed E-state index contributed by atoms with van der Waals surface area (Å²) >= 11 is 10.0. The smallest absolute Gasteiger partial charge is 0.261 e. The number of halogens is 2. The molecule has 0 aromatic heterocycles. The summed E-state index contributed by atoms with van der Waals surface area (Å²) in [6.45, 7) is -0.0602. The average molecular weight is 566 g/mol. The van der Waals surface area contributed by atoms with Gasteiger partial charge < -0.3 is 15.0 Å². The van der Waals surface area contributed by atoms with Gasteiger partial charge >= 0.3 is 0 Å². The molecule has 2 amide bonds.